The molecule has 154 valence electrons. The molecule has 0 aliphatic rings. The maximum Gasteiger partial charge on any atom is 0.355 e. The van der Waals surface area contributed by atoms with Crippen LogP contribution in [0.2, 0.25) is 5.02 Å². The Morgan fingerprint density at radius 3 is 2.60 bits per heavy atom. The minimum absolute atomic E-state index is 0.166. The first-order chi connectivity index (χ1) is 14.4. The second kappa shape index (κ2) is 9.47. The fourth-order valence-electron chi connectivity index (χ4n) is 2.28. The van der Waals surface area contributed by atoms with Crippen LogP contribution < -0.4 is 20.9 Å². The number of ether oxygens (including phenoxy) is 1. The highest BCUT2D eigenvalue weighted by atomic mass is 35.5. The Bertz CT molecular complexity index is 1070. The molecule has 0 spiro atoms. The molecule has 1 heterocycles. The van der Waals surface area contributed by atoms with Crippen LogP contribution in [-0.4, -0.2) is 27.4 Å². The number of aromatic nitrogens is 2. The Kier molecular flexibility index (Phi) is 6.55. The Labute approximate surface area is 174 Å². The second-order valence-corrected chi connectivity index (χ2v) is 6.11. The summed E-state index contributed by atoms with van der Waals surface area (Å²) in [5.74, 6) is -1.19. The monoisotopic (exact) mass is 432 g/mol. The van der Waals surface area contributed by atoms with Crippen molar-refractivity contribution in [1.29, 1.82) is 0 Å². The van der Waals surface area contributed by atoms with Crippen LogP contribution in [0.3, 0.4) is 0 Å². The number of rotatable bonds is 8. The fraction of sp³-hybridized carbons (Fsp3) is 0.0556. The lowest BCUT2D eigenvalue weighted by Crippen LogP contribution is -2.34. The quantitative estimate of drug-likeness (QED) is 0.364. The Morgan fingerprint density at radius 2 is 1.90 bits per heavy atom. The summed E-state index contributed by atoms with van der Waals surface area (Å²) < 4.78 is 18.6. The Hall–Kier alpha value is -3.99. The molecule has 1 amide bonds. The van der Waals surface area contributed by atoms with Gasteiger partial charge in [0.15, 0.2) is 6.61 Å². The van der Waals surface area contributed by atoms with Crippen LogP contribution in [0.25, 0.3) is 0 Å². The molecule has 3 aromatic rings. The largest absolute Gasteiger partial charge is 0.484 e. The normalized spacial score (nSPS) is 10.2. The predicted octanol–water partition coefficient (Wildman–Crippen LogP) is 3.44. The molecule has 12 heteroatoms. The molecule has 0 atom stereocenters. The Balaban J connectivity index is 1.70. The number of hydrogen-bond donors (Lipinski definition) is 3. The molecule has 0 radical (unpaired) electrons. The average Bonchev–Trinajstić information content (AvgIpc) is 2.74. The van der Waals surface area contributed by atoms with Gasteiger partial charge in [-0.25, -0.2) is 14.4 Å². The van der Waals surface area contributed by atoms with Crippen LogP contribution in [0, 0.1) is 15.9 Å². The van der Waals surface area contributed by atoms with Crippen molar-refractivity contribution in [3.05, 3.63) is 75.8 Å². The number of nitrogens with zero attached hydrogens (tertiary/aromatic N) is 3. The van der Waals surface area contributed by atoms with Crippen molar-refractivity contribution in [2.75, 3.05) is 17.3 Å². The van der Waals surface area contributed by atoms with Gasteiger partial charge in [-0.2, -0.15) is 0 Å². The standard InChI is InChI=1S/C18H14ClFN6O4/c19-13-8-11(6-7-14(13)20)23-17-16(26(28)29)18(22-10-21-17)25-24-15(27)9-30-12-4-2-1-3-5-12/h1-8,10H,9H2,(H,24,27)(H2,21,22,23,25). The lowest BCUT2D eigenvalue weighted by Gasteiger charge is -2.11. The van der Waals surface area contributed by atoms with Crippen LogP contribution in [0.1, 0.15) is 0 Å². The van der Waals surface area contributed by atoms with Gasteiger partial charge in [0, 0.05) is 5.69 Å². The molecule has 10 nitrogen and oxygen atoms in total. The van der Waals surface area contributed by atoms with E-state index in [1.165, 1.54) is 12.1 Å². The topological polar surface area (TPSA) is 131 Å². The summed E-state index contributed by atoms with van der Waals surface area (Å²) in [7, 11) is 0. The summed E-state index contributed by atoms with van der Waals surface area (Å²) in [5.41, 5.74) is 4.38. The number of benzene rings is 2. The van der Waals surface area contributed by atoms with Gasteiger partial charge < -0.3 is 10.1 Å². The smallest absolute Gasteiger partial charge is 0.355 e. The van der Waals surface area contributed by atoms with E-state index < -0.39 is 22.3 Å². The zero-order chi connectivity index (χ0) is 21.5. The molecule has 30 heavy (non-hydrogen) atoms. The first-order valence-electron chi connectivity index (χ1n) is 8.38. The van der Waals surface area contributed by atoms with Crippen LogP contribution in [0.15, 0.2) is 54.9 Å². The highest BCUT2D eigenvalue weighted by Crippen LogP contribution is 2.31. The van der Waals surface area contributed by atoms with Crippen molar-refractivity contribution in [3.8, 4) is 5.75 Å². The van der Waals surface area contributed by atoms with Crippen LogP contribution in [0.5, 0.6) is 5.75 Å². The Morgan fingerprint density at radius 1 is 1.17 bits per heavy atom. The molecule has 0 fully saturated rings. The predicted molar refractivity (Wildman–Crippen MR) is 107 cm³/mol. The summed E-state index contributed by atoms with van der Waals surface area (Å²) >= 11 is 5.72. The molecule has 0 unspecified atom stereocenters. The molecule has 1 aromatic heterocycles. The van der Waals surface area contributed by atoms with Crippen LogP contribution >= 0.6 is 11.6 Å². The number of nitrogens with one attached hydrogen (secondary N) is 3. The lowest BCUT2D eigenvalue weighted by atomic mass is 10.3. The van der Waals surface area contributed by atoms with E-state index in [0.717, 1.165) is 12.4 Å². The van der Waals surface area contributed by atoms with Gasteiger partial charge in [-0.15, -0.1) is 0 Å². The number of para-hydroxylation sites is 1. The zero-order valence-electron chi connectivity index (χ0n) is 15.1. The minimum Gasteiger partial charge on any atom is -0.484 e. The molecule has 0 saturated heterocycles. The van der Waals surface area contributed by atoms with E-state index in [0.29, 0.717) is 5.75 Å². The molecular formula is C18H14ClFN6O4. The summed E-state index contributed by atoms with van der Waals surface area (Å²) in [5, 5.41) is 14.0. The molecule has 0 saturated carbocycles. The fourth-order valence-corrected chi connectivity index (χ4v) is 2.46. The van der Waals surface area contributed by atoms with Gasteiger partial charge >= 0.3 is 5.69 Å². The van der Waals surface area contributed by atoms with Gasteiger partial charge in [-0.1, -0.05) is 29.8 Å². The maximum absolute atomic E-state index is 13.3. The third-order valence-electron chi connectivity index (χ3n) is 3.62. The van der Waals surface area contributed by atoms with E-state index in [1.54, 1.807) is 30.3 Å². The van der Waals surface area contributed by atoms with Gasteiger partial charge in [-0.05, 0) is 30.3 Å². The van der Waals surface area contributed by atoms with Crippen molar-refractivity contribution in [2.45, 2.75) is 0 Å². The summed E-state index contributed by atoms with van der Waals surface area (Å²) in [6.07, 6.45) is 1.05. The highest BCUT2D eigenvalue weighted by Gasteiger charge is 2.24. The summed E-state index contributed by atoms with van der Waals surface area (Å²) in [6.45, 7) is -0.324. The number of hydrogen-bond acceptors (Lipinski definition) is 8. The van der Waals surface area contributed by atoms with Crippen molar-refractivity contribution in [3.63, 3.8) is 0 Å². The SMILES string of the molecule is O=C(COc1ccccc1)NNc1ncnc(Nc2ccc(F)c(Cl)c2)c1[N+](=O)[O-]. The number of amides is 1. The van der Waals surface area contributed by atoms with Crippen LogP contribution in [0.4, 0.5) is 27.4 Å². The van der Waals surface area contributed by atoms with E-state index in [1.807, 2.05) is 0 Å². The van der Waals surface area contributed by atoms with Crippen LogP contribution in [-0.2, 0) is 4.79 Å². The number of nitro groups is 1. The van der Waals surface area contributed by atoms with Gasteiger partial charge in [0.05, 0.1) is 9.95 Å². The minimum atomic E-state index is -0.734. The molecular weight excluding hydrogens is 419 g/mol. The molecule has 0 aliphatic heterocycles. The van der Waals surface area contributed by atoms with Gasteiger partial charge in [0.25, 0.3) is 5.91 Å². The van der Waals surface area contributed by atoms with Crippen molar-refractivity contribution in [2.24, 2.45) is 0 Å². The number of anilines is 3. The molecule has 0 aliphatic carbocycles. The number of carbonyl (C=O) groups is 1. The zero-order valence-corrected chi connectivity index (χ0v) is 15.9. The first kappa shape index (κ1) is 20.7. The van der Waals surface area contributed by atoms with Crippen molar-refractivity contribution >= 4 is 40.5 Å². The number of hydrazine groups is 1. The van der Waals surface area contributed by atoms with E-state index in [4.69, 9.17) is 16.3 Å². The second-order valence-electron chi connectivity index (χ2n) is 5.71. The van der Waals surface area contributed by atoms with E-state index >= 15 is 0 Å². The van der Waals surface area contributed by atoms with Gasteiger partial charge in [0.1, 0.15) is 17.9 Å². The third kappa shape index (κ3) is 5.29. The first-order valence-corrected chi connectivity index (χ1v) is 8.76. The lowest BCUT2D eigenvalue weighted by molar-refractivity contribution is -0.383. The van der Waals surface area contributed by atoms with E-state index in [9.17, 15) is 19.3 Å². The molecule has 2 aromatic carbocycles. The molecule has 0 bridgehead atoms. The maximum atomic E-state index is 13.3. The van der Waals surface area contributed by atoms with E-state index in [2.05, 4.69) is 26.1 Å². The van der Waals surface area contributed by atoms with E-state index in [-0.39, 0.29) is 29.0 Å². The number of halogens is 2. The summed E-state index contributed by atoms with van der Waals surface area (Å²) in [6, 6.07) is 12.3. The highest BCUT2D eigenvalue weighted by molar-refractivity contribution is 6.31. The van der Waals surface area contributed by atoms with Crippen molar-refractivity contribution < 1.29 is 18.8 Å². The average molecular weight is 433 g/mol. The number of carbonyl (C=O) groups excluding carboxylic acids is 1. The van der Waals surface area contributed by atoms with Crippen molar-refractivity contribution in [1.82, 2.24) is 15.4 Å². The third-order valence-corrected chi connectivity index (χ3v) is 3.91. The van der Waals surface area contributed by atoms with Gasteiger partial charge in [0.2, 0.25) is 11.6 Å². The molecule has 3 rings (SSSR count). The molecule has 3 N–H and O–H groups in total. The van der Waals surface area contributed by atoms with Gasteiger partial charge in [-0.3, -0.25) is 25.8 Å². The summed E-state index contributed by atoms with van der Waals surface area (Å²) in [4.78, 5) is 30.3.